The third kappa shape index (κ3) is 6.00. The molecule has 0 bridgehead atoms. The maximum absolute atomic E-state index is 12.6. The first kappa shape index (κ1) is 20.2. The van der Waals surface area contributed by atoms with Crippen LogP contribution in [0.2, 0.25) is 0 Å². The number of carbonyl (C=O) groups excluding carboxylic acids is 1. The van der Waals surface area contributed by atoms with Gasteiger partial charge in [0.05, 0.1) is 12.2 Å². The molecule has 1 heterocycles. The van der Waals surface area contributed by atoms with E-state index in [1.807, 2.05) is 43.9 Å². The van der Waals surface area contributed by atoms with Crippen LogP contribution >= 0.6 is 0 Å². The third-order valence-electron chi connectivity index (χ3n) is 4.27. The Morgan fingerprint density at radius 2 is 2.08 bits per heavy atom. The van der Waals surface area contributed by atoms with E-state index in [-0.39, 0.29) is 6.09 Å². The Morgan fingerprint density at radius 3 is 2.77 bits per heavy atom. The number of rotatable bonds is 7. The lowest BCUT2D eigenvalue weighted by atomic mass is 10.2. The number of nitrogen functional groups attached to an aromatic ring is 1. The minimum Gasteiger partial charge on any atom is -0.489 e. The Kier molecular flexibility index (Phi) is 7.00. The molecule has 1 aliphatic rings. The van der Waals surface area contributed by atoms with Gasteiger partial charge in [0.1, 0.15) is 18.0 Å². The van der Waals surface area contributed by atoms with Crippen molar-refractivity contribution in [3.63, 3.8) is 0 Å². The second-order valence-corrected chi connectivity index (χ2v) is 7.74. The standard InChI is InChI=1S/C20H33N3O3/c1-5-6-7-10-23(19(24)26-20(2,3)4)12-11-22-13-14-25-18-15-16(21)8-9-17(18)22/h8-9,15H,5-7,10-14,21H2,1-4H3. The Bertz CT molecular complexity index is 598. The molecule has 1 aliphatic heterocycles. The number of hydrogen-bond donors (Lipinski definition) is 1. The molecule has 1 amide bonds. The minimum absolute atomic E-state index is 0.237. The number of unbranched alkanes of at least 4 members (excludes halogenated alkanes) is 2. The van der Waals surface area contributed by atoms with Crippen molar-refractivity contribution >= 4 is 17.5 Å². The first-order valence-corrected chi connectivity index (χ1v) is 9.55. The van der Waals surface area contributed by atoms with E-state index in [4.69, 9.17) is 15.2 Å². The summed E-state index contributed by atoms with van der Waals surface area (Å²) in [6.45, 7) is 11.4. The van der Waals surface area contributed by atoms with Crippen LogP contribution in [-0.4, -0.2) is 49.4 Å². The van der Waals surface area contributed by atoms with Crippen molar-refractivity contribution in [2.75, 3.05) is 43.4 Å². The lowest BCUT2D eigenvalue weighted by Gasteiger charge is -2.34. The predicted octanol–water partition coefficient (Wildman–Crippen LogP) is 3.89. The van der Waals surface area contributed by atoms with Gasteiger partial charge in [0, 0.05) is 31.4 Å². The molecule has 0 saturated heterocycles. The molecule has 26 heavy (non-hydrogen) atoms. The maximum atomic E-state index is 12.6. The fourth-order valence-corrected chi connectivity index (χ4v) is 2.94. The number of ether oxygens (including phenoxy) is 2. The van der Waals surface area contributed by atoms with Crippen LogP contribution in [0.15, 0.2) is 18.2 Å². The van der Waals surface area contributed by atoms with Crippen LogP contribution < -0.4 is 15.4 Å². The van der Waals surface area contributed by atoms with Gasteiger partial charge in [0.15, 0.2) is 0 Å². The summed E-state index contributed by atoms with van der Waals surface area (Å²) in [5, 5.41) is 0. The lowest BCUT2D eigenvalue weighted by molar-refractivity contribution is 0.0251. The van der Waals surface area contributed by atoms with E-state index in [9.17, 15) is 4.79 Å². The van der Waals surface area contributed by atoms with E-state index in [1.54, 1.807) is 0 Å². The normalized spacial score (nSPS) is 13.8. The molecule has 0 aliphatic carbocycles. The number of amides is 1. The third-order valence-corrected chi connectivity index (χ3v) is 4.27. The van der Waals surface area contributed by atoms with Crippen LogP contribution in [0.3, 0.4) is 0 Å². The molecule has 0 saturated carbocycles. The summed E-state index contributed by atoms with van der Waals surface area (Å²) >= 11 is 0. The molecular formula is C20H33N3O3. The Balaban J connectivity index is 2.01. The van der Waals surface area contributed by atoms with Gasteiger partial charge in [-0.05, 0) is 39.3 Å². The second-order valence-electron chi connectivity index (χ2n) is 7.74. The van der Waals surface area contributed by atoms with Crippen molar-refractivity contribution in [3.05, 3.63) is 18.2 Å². The van der Waals surface area contributed by atoms with Crippen molar-refractivity contribution in [2.24, 2.45) is 0 Å². The van der Waals surface area contributed by atoms with Crippen molar-refractivity contribution in [3.8, 4) is 5.75 Å². The van der Waals surface area contributed by atoms with Crippen LogP contribution in [0, 0.1) is 0 Å². The van der Waals surface area contributed by atoms with Gasteiger partial charge in [-0.15, -0.1) is 0 Å². The molecule has 0 spiro atoms. The summed E-state index contributed by atoms with van der Waals surface area (Å²) in [6, 6.07) is 5.72. The quantitative estimate of drug-likeness (QED) is 0.588. The van der Waals surface area contributed by atoms with E-state index >= 15 is 0 Å². The number of benzene rings is 1. The molecule has 0 fully saturated rings. The molecule has 2 rings (SSSR count). The van der Waals surface area contributed by atoms with E-state index < -0.39 is 5.60 Å². The molecule has 1 aromatic carbocycles. The SMILES string of the molecule is CCCCCN(CCN1CCOc2cc(N)ccc21)C(=O)OC(C)(C)C. The summed E-state index contributed by atoms with van der Waals surface area (Å²) in [5.41, 5.74) is 7.09. The largest absolute Gasteiger partial charge is 0.489 e. The van der Waals surface area contributed by atoms with Crippen molar-refractivity contribution in [1.29, 1.82) is 0 Å². The lowest BCUT2D eigenvalue weighted by Crippen LogP contribution is -2.43. The highest BCUT2D eigenvalue weighted by Gasteiger charge is 2.24. The number of nitrogens with two attached hydrogens (primary N) is 1. The van der Waals surface area contributed by atoms with Crippen molar-refractivity contribution in [2.45, 2.75) is 52.6 Å². The van der Waals surface area contributed by atoms with Gasteiger partial charge < -0.3 is 25.0 Å². The summed E-state index contributed by atoms with van der Waals surface area (Å²) in [7, 11) is 0. The first-order valence-electron chi connectivity index (χ1n) is 9.55. The van der Waals surface area contributed by atoms with Crippen LogP contribution in [0.25, 0.3) is 0 Å². The van der Waals surface area contributed by atoms with Crippen LogP contribution in [0.5, 0.6) is 5.75 Å². The molecule has 0 radical (unpaired) electrons. The second kappa shape index (κ2) is 9.01. The molecule has 1 aromatic rings. The summed E-state index contributed by atoms with van der Waals surface area (Å²) in [4.78, 5) is 16.6. The number of nitrogens with zero attached hydrogens (tertiary/aromatic N) is 2. The molecule has 6 nitrogen and oxygen atoms in total. The van der Waals surface area contributed by atoms with Crippen molar-refractivity contribution < 1.29 is 14.3 Å². The summed E-state index contributed by atoms with van der Waals surface area (Å²) < 4.78 is 11.3. The monoisotopic (exact) mass is 363 g/mol. The van der Waals surface area contributed by atoms with E-state index in [2.05, 4.69) is 11.8 Å². The van der Waals surface area contributed by atoms with Gasteiger partial charge >= 0.3 is 6.09 Å². The summed E-state index contributed by atoms with van der Waals surface area (Å²) in [6.07, 6.45) is 2.99. The summed E-state index contributed by atoms with van der Waals surface area (Å²) in [5.74, 6) is 0.811. The number of anilines is 2. The molecule has 146 valence electrons. The first-order chi connectivity index (χ1) is 12.3. The minimum atomic E-state index is -0.483. The van der Waals surface area contributed by atoms with Gasteiger partial charge in [-0.25, -0.2) is 4.79 Å². The number of fused-ring (bicyclic) bond motifs is 1. The zero-order valence-corrected chi connectivity index (χ0v) is 16.6. The highest BCUT2D eigenvalue weighted by atomic mass is 16.6. The smallest absolute Gasteiger partial charge is 0.410 e. The van der Waals surface area contributed by atoms with Crippen molar-refractivity contribution in [1.82, 2.24) is 4.90 Å². The topological polar surface area (TPSA) is 68.0 Å². The van der Waals surface area contributed by atoms with E-state index in [0.29, 0.717) is 18.8 Å². The molecule has 0 unspecified atom stereocenters. The fraction of sp³-hybridized carbons (Fsp3) is 0.650. The maximum Gasteiger partial charge on any atom is 0.410 e. The number of hydrogen-bond acceptors (Lipinski definition) is 5. The van der Waals surface area contributed by atoms with E-state index in [1.165, 1.54) is 0 Å². The van der Waals surface area contributed by atoms with Crippen LogP contribution in [0.1, 0.15) is 47.0 Å². The average molecular weight is 364 g/mol. The Hall–Kier alpha value is -2.11. The Labute approximate surface area is 157 Å². The van der Waals surface area contributed by atoms with Gasteiger partial charge in [-0.1, -0.05) is 19.8 Å². The molecule has 2 N–H and O–H groups in total. The van der Waals surface area contributed by atoms with Gasteiger partial charge in [0.2, 0.25) is 0 Å². The molecule has 0 atom stereocenters. The van der Waals surface area contributed by atoms with Gasteiger partial charge in [0.25, 0.3) is 0 Å². The average Bonchev–Trinajstić information content (AvgIpc) is 2.56. The predicted molar refractivity (Wildman–Crippen MR) is 106 cm³/mol. The highest BCUT2D eigenvalue weighted by molar-refractivity contribution is 5.68. The van der Waals surface area contributed by atoms with Crippen LogP contribution in [0.4, 0.5) is 16.2 Å². The Morgan fingerprint density at radius 1 is 1.31 bits per heavy atom. The van der Waals surface area contributed by atoms with Crippen LogP contribution in [-0.2, 0) is 4.74 Å². The number of carbonyl (C=O) groups is 1. The zero-order chi connectivity index (χ0) is 19.2. The van der Waals surface area contributed by atoms with E-state index in [0.717, 1.165) is 50.3 Å². The molecule has 6 heteroatoms. The van der Waals surface area contributed by atoms with Gasteiger partial charge in [-0.2, -0.15) is 0 Å². The molecular weight excluding hydrogens is 330 g/mol. The molecule has 0 aromatic heterocycles. The highest BCUT2D eigenvalue weighted by Crippen LogP contribution is 2.33. The van der Waals surface area contributed by atoms with Gasteiger partial charge in [-0.3, -0.25) is 0 Å². The zero-order valence-electron chi connectivity index (χ0n) is 16.6. The fourth-order valence-electron chi connectivity index (χ4n) is 2.94.